The third-order valence-electron chi connectivity index (χ3n) is 2.53. The molecule has 1 aromatic carbocycles. The molecule has 0 fully saturated rings. The highest BCUT2D eigenvalue weighted by Crippen LogP contribution is 2.33. The Bertz CT molecular complexity index is 457. The Labute approximate surface area is 87.4 Å². The fourth-order valence-electron chi connectivity index (χ4n) is 1.86. The van der Waals surface area contributed by atoms with E-state index in [-0.39, 0.29) is 5.82 Å². The molecule has 0 bridgehead atoms. The number of hydrogen-bond donors (Lipinski definition) is 0. The van der Waals surface area contributed by atoms with Gasteiger partial charge >= 0.3 is 0 Å². The van der Waals surface area contributed by atoms with Crippen molar-refractivity contribution in [1.82, 2.24) is 0 Å². The summed E-state index contributed by atoms with van der Waals surface area (Å²) in [5.74, 6) is -0.0816. The Kier molecular flexibility index (Phi) is 2.55. The molecular formula is C12H13FS. The summed E-state index contributed by atoms with van der Waals surface area (Å²) in [4.78, 5) is 1.33. The molecule has 0 unspecified atom stereocenters. The molecule has 0 amide bonds. The molecule has 1 aromatic heterocycles. The van der Waals surface area contributed by atoms with Crippen molar-refractivity contribution in [1.29, 1.82) is 0 Å². The molecule has 0 N–H and O–H groups in total. The minimum absolute atomic E-state index is 0.0816. The number of halogens is 1. The molecule has 0 atom stereocenters. The van der Waals surface area contributed by atoms with E-state index in [1.165, 1.54) is 16.5 Å². The van der Waals surface area contributed by atoms with E-state index in [4.69, 9.17) is 0 Å². The van der Waals surface area contributed by atoms with Gasteiger partial charge in [0.1, 0.15) is 5.82 Å². The Morgan fingerprint density at radius 3 is 2.64 bits per heavy atom. The quantitative estimate of drug-likeness (QED) is 0.695. The lowest BCUT2D eigenvalue weighted by Gasteiger charge is -1.97. The predicted octanol–water partition coefficient (Wildman–Crippen LogP) is 4.17. The molecule has 0 aliphatic heterocycles. The highest BCUT2D eigenvalue weighted by atomic mass is 32.1. The first-order valence-electron chi connectivity index (χ1n) is 4.96. The van der Waals surface area contributed by atoms with Crippen molar-refractivity contribution in [2.24, 2.45) is 0 Å². The Balaban J connectivity index is 2.79. The van der Waals surface area contributed by atoms with Crippen LogP contribution in [0.5, 0.6) is 0 Å². The molecule has 0 aliphatic rings. The average molecular weight is 208 g/mol. The van der Waals surface area contributed by atoms with Crippen LogP contribution in [0.25, 0.3) is 10.1 Å². The van der Waals surface area contributed by atoms with Gasteiger partial charge in [0.15, 0.2) is 0 Å². The average Bonchev–Trinajstić information content (AvgIpc) is 2.57. The van der Waals surface area contributed by atoms with Crippen molar-refractivity contribution < 1.29 is 4.39 Å². The van der Waals surface area contributed by atoms with Crippen LogP contribution in [0.15, 0.2) is 18.2 Å². The minimum Gasteiger partial charge on any atom is -0.205 e. The Morgan fingerprint density at radius 2 is 2.00 bits per heavy atom. The fraction of sp³-hybridized carbons (Fsp3) is 0.333. The second-order valence-corrected chi connectivity index (χ2v) is 4.43. The lowest BCUT2D eigenvalue weighted by atomic mass is 10.1. The SMILES string of the molecule is CCc1sc2c(F)cccc2c1CC. The lowest BCUT2D eigenvalue weighted by Crippen LogP contribution is -1.83. The molecule has 2 heteroatoms. The summed E-state index contributed by atoms with van der Waals surface area (Å²) in [5, 5.41) is 1.11. The largest absolute Gasteiger partial charge is 0.205 e. The van der Waals surface area contributed by atoms with Gasteiger partial charge in [0.25, 0.3) is 0 Å². The van der Waals surface area contributed by atoms with Crippen LogP contribution in [-0.4, -0.2) is 0 Å². The van der Waals surface area contributed by atoms with Crippen molar-refractivity contribution in [3.63, 3.8) is 0 Å². The van der Waals surface area contributed by atoms with Gasteiger partial charge in [-0.3, -0.25) is 0 Å². The van der Waals surface area contributed by atoms with Gasteiger partial charge in [0.2, 0.25) is 0 Å². The number of hydrogen-bond acceptors (Lipinski definition) is 1. The molecule has 0 spiro atoms. The molecule has 0 saturated heterocycles. The fourth-order valence-corrected chi connectivity index (χ4v) is 3.09. The first kappa shape index (κ1) is 9.66. The zero-order chi connectivity index (χ0) is 10.1. The summed E-state index contributed by atoms with van der Waals surface area (Å²) < 4.78 is 14.3. The number of rotatable bonds is 2. The normalized spacial score (nSPS) is 11.1. The van der Waals surface area contributed by atoms with Crippen LogP contribution in [0.1, 0.15) is 24.3 Å². The predicted molar refractivity (Wildman–Crippen MR) is 60.5 cm³/mol. The maximum atomic E-state index is 13.5. The molecule has 0 nitrogen and oxygen atoms in total. The maximum absolute atomic E-state index is 13.5. The van der Waals surface area contributed by atoms with E-state index in [0.29, 0.717) is 0 Å². The van der Waals surface area contributed by atoms with E-state index >= 15 is 0 Å². The second-order valence-electron chi connectivity index (χ2n) is 3.33. The van der Waals surface area contributed by atoms with Crippen LogP contribution in [0.2, 0.25) is 0 Å². The third kappa shape index (κ3) is 1.34. The van der Waals surface area contributed by atoms with Gasteiger partial charge in [-0.2, -0.15) is 0 Å². The smallest absolute Gasteiger partial charge is 0.141 e. The molecule has 74 valence electrons. The molecular weight excluding hydrogens is 195 g/mol. The minimum atomic E-state index is -0.0816. The number of benzene rings is 1. The molecule has 0 saturated carbocycles. The van der Waals surface area contributed by atoms with Crippen LogP contribution in [0.3, 0.4) is 0 Å². The number of aryl methyl sites for hydroxylation is 2. The van der Waals surface area contributed by atoms with E-state index in [0.717, 1.165) is 22.9 Å². The van der Waals surface area contributed by atoms with Crippen molar-refractivity contribution in [2.75, 3.05) is 0 Å². The number of fused-ring (bicyclic) bond motifs is 1. The highest BCUT2D eigenvalue weighted by molar-refractivity contribution is 7.19. The van der Waals surface area contributed by atoms with Crippen LogP contribution >= 0.6 is 11.3 Å². The van der Waals surface area contributed by atoms with Gasteiger partial charge in [-0.05, 0) is 29.9 Å². The van der Waals surface area contributed by atoms with E-state index in [1.54, 1.807) is 17.4 Å². The summed E-state index contributed by atoms with van der Waals surface area (Å²) in [6, 6.07) is 5.35. The van der Waals surface area contributed by atoms with Gasteiger partial charge in [0, 0.05) is 4.88 Å². The molecule has 2 rings (SSSR count). The molecule has 2 aromatic rings. The summed E-state index contributed by atoms with van der Waals surface area (Å²) in [7, 11) is 0. The van der Waals surface area contributed by atoms with Crippen molar-refractivity contribution in [3.05, 3.63) is 34.5 Å². The standard InChI is InChI=1S/C12H13FS/c1-3-8-9-6-5-7-10(13)12(9)14-11(8)4-2/h5-7H,3-4H2,1-2H3. The first-order valence-corrected chi connectivity index (χ1v) is 5.78. The van der Waals surface area contributed by atoms with Crippen LogP contribution in [0.4, 0.5) is 4.39 Å². The molecule has 0 aliphatic carbocycles. The van der Waals surface area contributed by atoms with Crippen LogP contribution < -0.4 is 0 Å². The van der Waals surface area contributed by atoms with E-state index in [1.807, 2.05) is 6.07 Å². The van der Waals surface area contributed by atoms with E-state index in [9.17, 15) is 4.39 Å². The maximum Gasteiger partial charge on any atom is 0.141 e. The second kappa shape index (κ2) is 3.70. The van der Waals surface area contributed by atoms with Crippen LogP contribution in [-0.2, 0) is 12.8 Å². The molecule has 1 heterocycles. The summed E-state index contributed by atoms with van der Waals surface area (Å²) in [6.45, 7) is 4.26. The van der Waals surface area contributed by atoms with Crippen molar-refractivity contribution in [2.45, 2.75) is 26.7 Å². The van der Waals surface area contributed by atoms with E-state index in [2.05, 4.69) is 13.8 Å². The van der Waals surface area contributed by atoms with Crippen LogP contribution in [0, 0.1) is 5.82 Å². The lowest BCUT2D eigenvalue weighted by molar-refractivity contribution is 0.641. The van der Waals surface area contributed by atoms with Crippen molar-refractivity contribution >= 4 is 21.4 Å². The summed E-state index contributed by atoms with van der Waals surface area (Å²) in [5.41, 5.74) is 1.33. The Morgan fingerprint density at radius 1 is 1.21 bits per heavy atom. The molecule has 0 radical (unpaired) electrons. The van der Waals surface area contributed by atoms with Gasteiger partial charge in [-0.1, -0.05) is 26.0 Å². The zero-order valence-corrected chi connectivity index (χ0v) is 9.25. The zero-order valence-electron chi connectivity index (χ0n) is 8.43. The topological polar surface area (TPSA) is 0 Å². The summed E-state index contributed by atoms with van der Waals surface area (Å²) >= 11 is 1.60. The number of thiophene rings is 1. The van der Waals surface area contributed by atoms with Gasteiger partial charge in [-0.15, -0.1) is 11.3 Å². The van der Waals surface area contributed by atoms with E-state index < -0.39 is 0 Å². The molecule has 14 heavy (non-hydrogen) atoms. The van der Waals surface area contributed by atoms with Gasteiger partial charge in [0.05, 0.1) is 4.70 Å². The van der Waals surface area contributed by atoms with Gasteiger partial charge in [-0.25, -0.2) is 4.39 Å². The van der Waals surface area contributed by atoms with Gasteiger partial charge < -0.3 is 0 Å². The Hall–Kier alpha value is -0.890. The monoisotopic (exact) mass is 208 g/mol. The van der Waals surface area contributed by atoms with Crippen molar-refractivity contribution in [3.8, 4) is 0 Å². The summed E-state index contributed by atoms with van der Waals surface area (Å²) in [6.07, 6.45) is 1.99. The third-order valence-corrected chi connectivity index (χ3v) is 3.93. The first-order chi connectivity index (χ1) is 6.77. The highest BCUT2D eigenvalue weighted by Gasteiger charge is 2.11.